The molecule has 2 nitrogen and oxygen atoms in total. The van der Waals surface area contributed by atoms with Crippen LogP contribution in [0.1, 0.15) is 42.1 Å². The van der Waals surface area contributed by atoms with Gasteiger partial charge >= 0.3 is 0 Å². The van der Waals surface area contributed by atoms with Gasteiger partial charge in [0.05, 0.1) is 6.61 Å². The maximum atomic E-state index is 5.67. The van der Waals surface area contributed by atoms with Crippen LogP contribution in [-0.2, 0) is 6.54 Å². The van der Waals surface area contributed by atoms with Gasteiger partial charge in [-0.25, -0.2) is 0 Å². The van der Waals surface area contributed by atoms with Crippen molar-refractivity contribution < 1.29 is 4.74 Å². The van der Waals surface area contributed by atoms with Crippen LogP contribution in [-0.4, -0.2) is 6.61 Å². The molecule has 1 N–H and O–H groups in total. The number of nitrogens with one attached hydrogen (secondary N) is 1. The molecule has 0 aliphatic rings. The van der Waals surface area contributed by atoms with Crippen molar-refractivity contribution in [3.05, 3.63) is 64.7 Å². The van der Waals surface area contributed by atoms with Crippen LogP contribution in [0.25, 0.3) is 0 Å². The third-order valence-corrected chi connectivity index (χ3v) is 3.76. The highest BCUT2D eigenvalue weighted by Crippen LogP contribution is 2.21. The van der Waals surface area contributed by atoms with Crippen molar-refractivity contribution >= 4 is 0 Å². The highest BCUT2D eigenvalue weighted by molar-refractivity contribution is 5.35. The van der Waals surface area contributed by atoms with Gasteiger partial charge in [0.2, 0.25) is 0 Å². The van der Waals surface area contributed by atoms with Crippen molar-refractivity contribution in [2.45, 2.75) is 40.3 Å². The summed E-state index contributed by atoms with van der Waals surface area (Å²) in [6, 6.07) is 15.2. The van der Waals surface area contributed by atoms with Crippen molar-refractivity contribution in [2.24, 2.45) is 0 Å². The number of rotatable bonds is 6. The topological polar surface area (TPSA) is 21.3 Å². The smallest absolute Gasteiger partial charge is 0.123 e. The molecule has 0 bridgehead atoms. The first-order chi connectivity index (χ1) is 10.1. The summed E-state index contributed by atoms with van der Waals surface area (Å²) in [6.45, 7) is 10.0. The number of hydrogen-bond donors (Lipinski definition) is 1. The van der Waals surface area contributed by atoms with E-state index in [1.807, 2.05) is 19.1 Å². The zero-order chi connectivity index (χ0) is 15.2. The van der Waals surface area contributed by atoms with Crippen LogP contribution in [0.5, 0.6) is 5.75 Å². The molecule has 0 amide bonds. The Morgan fingerprint density at radius 3 is 2.57 bits per heavy atom. The average molecular weight is 283 g/mol. The highest BCUT2D eigenvalue weighted by Gasteiger charge is 2.09. The maximum absolute atomic E-state index is 5.67. The van der Waals surface area contributed by atoms with E-state index in [4.69, 9.17) is 4.74 Å². The van der Waals surface area contributed by atoms with E-state index in [1.165, 1.54) is 22.3 Å². The second-order valence-corrected chi connectivity index (χ2v) is 5.50. The fraction of sp³-hybridized carbons (Fsp3) is 0.368. The van der Waals surface area contributed by atoms with Crippen LogP contribution in [0.2, 0.25) is 0 Å². The Hall–Kier alpha value is -1.80. The largest absolute Gasteiger partial charge is 0.494 e. The average Bonchev–Trinajstić information content (AvgIpc) is 2.46. The van der Waals surface area contributed by atoms with Gasteiger partial charge in [0.25, 0.3) is 0 Å². The van der Waals surface area contributed by atoms with Crippen molar-refractivity contribution in [2.75, 3.05) is 6.61 Å². The number of ether oxygens (including phenoxy) is 1. The minimum Gasteiger partial charge on any atom is -0.494 e. The van der Waals surface area contributed by atoms with Crippen LogP contribution < -0.4 is 10.1 Å². The van der Waals surface area contributed by atoms with Crippen LogP contribution in [0.3, 0.4) is 0 Å². The van der Waals surface area contributed by atoms with Gasteiger partial charge in [-0.2, -0.15) is 0 Å². The summed E-state index contributed by atoms with van der Waals surface area (Å²) in [5.41, 5.74) is 5.21. The molecule has 2 aromatic rings. The van der Waals surface area contributed by atoms with E-state index in [2.05, 4.69) is 56.4 Å². The summed E-state index contributed by atoms with van der Waals surface area (Å²) in [5.74, 6) is 0.973. The van der Waals surface area contributed by atoms with E-state index < -0.39 is 0 Å². The Balaban J connectivity index is 2.05. The molecule has 0 saturated heterocycles. The molecule has 2 heteroatoms. The van der Waals surface area contributed by atoms with Gasteiger partial charge in [-0.3, -0.25) is 0 Å². The molecule has 0 saturated carbocycles. The van der Waals surface area contributed by atoms with Gasteiger partial charge in [-0.05, 0) is 44.9 Å². The monoisotopic (exact) mass is 283 g/mol. The molecule has 1 atom stereocenters. The summed E-state index contributed by atoms with van der Waals surface area (Å²) in [6.07, 6.45) is 0. The van der Waals surface area contributed by atoms with Crippen LogP contribution in [0, 0.1) is 13.8 Å². The quantitative estimate of drug-likeness (QED) is 0.839. The molecular formula is C19H25NO. The predicted molar refractivity (Wildman–Crippen MR) is 88.8 cm³/mol. The summed E-state index contributed by atoms with van der Waals surface area (Å²) >= 11 is 0. The molecular weight excluding hydrogens is 258 g/mol. The lowest BCUT2D eigenvalue weighted by Gasteiger charge is -2.18. The lowest BCUT2D eigenvalue weighted by molar-refractivity contribution is 0.335. The van der Waals surface area contributed by atoms with Crippen LogP contribution >= 0.6 is 0 Å². The van der Waals surface area contributed by atoms with E-state index in [1.54, 1.807) is 0 Å². The summed E-state index contributed by atoms with van der Waals surface area (Å²) in [7, 11) is 0. The van der Waals surface area contributed by atoms with Gasteiger partial charge < -0.3 is 10.1 Å². The third kappa shape index (κ3) is 4.08. The molecule has 0 heterocycles. The van der Waals surface area contributed by atoms with Gasteiger partial charge in [-0.1, -0.05) is 42.0 Å². The SMILES string of the molecule is CCOc1ccccc1CNC(C)c1ccc(C)cc1C. The Morgan fingerprint density at radius 1 is 1.10 bits per heavy atom. The molecule has 1 unspecified atom stereocenters. The summed E-state index contributed by atoms with van der Waals surface area (Å²) in [5, 5.41) is 3.59. The molecule has 21 heavy (non-hydrogen) atoms. The van der Waals surface area contributed by atoms with Crippen LogP contribution in [0.15, 0.2) is 42.5 Å². The standard InChI is InChI=1S/C19H25NO/c1-5-21-19-9-7-6-8-17(19)13-20-16(4)18-11-10-14(2)12-15(18)3/h6-12,16,20H,5,13H2,1-4H3. The third-order valence-electron chi connectivity index (χ3n) is 3.76. The highest BCUT2D eigenvalue weighted by atomic mass is 16.5. The van der Waals surface area contributed by atoms with Crippen molar-refractivity contribution in [1.82, 2.24) is 5.32 Å². The minimum absolute atomic E-state index is 0.320. The van der Waals surface area contributed by atoms with E-state index >= 15 is 0 Å². The second-order valence-electron chi connectivity index (χ2n) is 5.50. The Morgan fingerprint density at radius 2 is 1.86 bits per heavy atom. The number of aryl methyl sites for hydroxylation is 2. The zero-order valence-electron chi connectivity index (χ0n) is 13.4. The van der Waals surface area contributed by atoms with E-state index in [0.717, 1.165) is 12.3 Å². The molecule has 112 valence electrons. The normalized spacial score (nSPS) is 12.2. The molecule has 2 rings (SSSR count). The fourth-order valence-corrected chi connectivity index (χ4v) is 2.63. The Labute approximate surface area is 128 Å². The van der Waals surface area contributed by atoms with Gasteiger partial charge in [-0.15, -0.1) is 0 Å². The van der Waals surface area contributed by atoms with E-state index in [0.29, 0.717) is 12.6 Å². The summed E-state index contributed by atoms with van der Waals surface area (Å²) < 4.78 is 5.67. The molecule has 2 aromatic carbocycles. The lowest BCUT2D eigenvalue weighted by atomic mass is 10.00. The van der Waals surface area contributed by atoms with E-state index in [9.17, 15) is 0 Å². The molecule has 0 aliphatic carbocycles. The molecule has 0 radical (unpaired) electrons. The van der Waals surface area contributed by atoms with Gasteiger partial charge in [0, 0.05) is 18.2 Å². The Kier molecular flexibility index (Phi) is 5.40. The van der Waals surface area contributed by atoms with Gasteiger partial charge in [0.15, 0.2) is 0 Å². The first kappa shape index (κ1) is 15.6. The van der Waals surface area contributed by atoms with Crippen molar-refractivity contribution in [3.63, 3.8) is 0 Å². The minimum atomic E-state index is 0.320. The van der Waals surface area contributed by atoms with Crippen molar-refractivity contribution in [1.29, 1.82) is 0 Å². The number of benzene rings is 2. The van der Waals surface area contributed by atoms with Gasteiger partial charge in [0.1, 0.15) is 5.75 Å². The number of para-hydroxylation sites is 1. The first-order valence-corrected chi connectivity index (χ1v) is 7.63. The maximum Gasteiger partial charge on any atom is 0.123 e. The molecule has 0 aliphatic heterocycles. The van der Waals surface area contributed by atoms with Crippen LogP contribution in [0.4, 0.5) is 0 Å². The lowest BCUT2D eigenvalue weighted by Crippen LogP contribution is -2.19. The molecule has 0 spiro atoms. The molecule has 0 aromatic heterocycles. The Bertz CT molecular complexity index is 592. The zero-order valence-corrected chi connectivity index (χ0v) is 13.4. The summed E-state index contributed by atoms with van der Waals surface area (Å²) in [4.78, 5) is 0. The predicted octanol–water partition coefficient (Wildman–Crippen LogP) is 4.55. The molecule has 0 fully saturated rings. The second kappa shape index (κ2) is 7.28. The fourth-order valence-electron chi connectivity index (χ4n) is 2.63. The number of hydrogen-bond acceptors (Lipinski definition) is 2. The van der Waals surface area contributed by atoms with Crippen molar-refractivity contribution in [3.8, 4) is 5.75 Å². The first-order valence-electron chi connectivity index (χ1n) is 7.63. The van der Waals surface area contributed by atoms with E-state index in [-0.39, 0.29) is 0 Å².